The second-order valence-corrected chi connectivity index (χ2v) is 3.56. The second-order valence-electron chi connectivity index (χ2n) is 3.56. The highest BCUT2D eigenvalue weighted by molar-refractivity contribution is 5.96. The highest BCUT2D eigenvalue weighted by atomic mass is 19.3. The van der Waals surface area contributed by atoms with Crippen molar-refractivity contribution in [3.05, 3.63) is 29.8 Å². The predicted molar refractivity (Wildman–Crippen MR) is 56.8 cm³/mol. The van der Waals surface area contributed by atoms with Gasteiger partial charge >= 0.3 is 6.61 Å². The minimum Gasteiger partial charge on any atom is -0.435 e. The minimum absolute atomic E-state index is 0.00452. The Bertz CT molecular complexity index is 423. The van der Waals surface area contributed by atoms with Crippen molar-refractivity contribution in [2.24, 2.45) is 5.92 Å². The first kappa shape index (κ1) is 13.1. The number of benzene rings is 1. The van der Waals surface area contributed by atoms with E-state index >= 15 is 0 Å². The molecule has 3 nitrogen and oxygen atoms in total. The quantitative estimate of drug-likeness (QED) is 0.742. The molecule has 0 saturated carbocycles. The molecule has 1 atom stereocenters. The molecule has 0 heterocycles. The maximum absolute atomic E-state index is 11.9. The van der Waals surface area contributed by atoms with Crippen molar-refractivity contribution in [1.82, 2.24) is 0 Å². The van der Waals surface area contributed by atoms with Crippen molar-refractivity contribution in [3.8, 4) is 11.8 Å². The van der Waals surface area contributed by atoms with Crippen LogP contribution in [0.2, 0.25) is 0 Å². The number of ketones is 1. The van der Waals surface area contributed by atoms with Gasteiger partial charge in [0.15, 0.2) is 5.78 Å². The SMILES string of the molecule is CC(C#N)CC(=O)c1ccc(OC(F)F)cc1. The van der Waals surface area contributed by atoms with Crippen LogP contribution in [0.5, 0.6) is 5.75 Å². The van der Waals surface area contributed by atoms with Crippen LogP contribution >= 0.6 is 0 Å². The molecule has 1 aromatic carbocycles. The van der Waals surface area contributed by atoms with Gasteiger partial charge in [0.25, 0.3) is 0 Å². The van der Waals surface area contributed by atoms with E-state index in [2.05, 4.69) is 4.74 Å². The van der Waals surface area contributed by atoms with Gasteiger partial charge in [0.1, 0.15) is 5.75 Å². The summed E-state index contributed by atoms with van der Waals surface area (Å²) in [6, 6.07) is 7.38. The van der Waals surface area contributed by atoms with E-state index in [-0.39, 0.29) is 23.9 Å². The van der Waals surface area contributed by atoms with Crippen LogP contribution in [0.1, 0.15) is 23.7 Å². The molecule has 0 aromatic heterocycles. The molecule has 0 fully saturated rings. The summed E-state index contributed by atoms with van der Waals surface area (Å²) >= 11 is 0. The first-order valence-electron chi connectivity index (χ1n) is 5.00. The zero-order chi connectivity index (χ0) is 12.8. The Labute approximate surface area is 97.6 Å². The molecule has 1 rings (SSSR count). The summed E-state index contributed by atoms with van der Waals surface area (Å²) in [5.41, 5.74) is 0.383. The molecule has 0 amide bonds. The van der Waals surface area contributed by atoms with Crippen LogP contribution in [0.25, 0.3) is 0 Å². The standard InChI is InChI=1S/C12H11F2NO2/c1-8(7-15)6-11(16)9-2-4-10(5-3-9)17-12(13)14/h2-5,8,12H,6H2,1H3. The number of Topliss-reactive ketones (excluding diaryl/α,β-unsaturated/α-hetero) is 1. The van der Waals surface area contributed by atoms with Crippen LogP contribution in [0, 0.1) is 17.2 Å². The van der Waals surface area contributed by atoms with Crippen molar-refractivity contribution in [2.75, 3.05) is 0 Å². The summed E-state index contributed by atoms with van der Waals surface area (Å²) in [6.45, 7) is -1.23. The Hall–Kier alpha value is -1.96. The first-order valence-corrected chi connectivity index (χ1v) is 5.00. The second kappa shape index (κ2) is 5.94. The summed E-state index contributed by atoms with van der Waals surface area (Å²) < 4.78 is 27.9. The van der Waals surface area contributed by atoms with Gasteiger partial charge in [-0.05, 0) is 31.2 Å². The summed E-state index contributed by atoms with van der Waals surface area (Å²) in [6.07, 6.45) is 0.117. The van der Waals surface area contributed by atoms with Crippen molar-refractivity contribution in [3.63, 3.8) is 0 Å². The molecule has 0 bridgehead atoms. The number of alkyl halides is 2. The molecule has 0 radical (unpaired) electrons. The Kier molecular flexibility index (Phi) is 4.58. The molecule has 0 aliphatic rings. The molecule has 1 unspecified atom stereocenters. The van der Waals surface area contributed by atoms with Crippen molar-refractivity contribution < 1.29 is 18.3 Å². The number of rotatable bonds is 5. The van der Waals surface area contributed by atoms with E-state index in [1.165, 1.54) is 24.3 Å². The highest BCUT2D eigenvalue weighted by Crippen LogP contribution is 2.16. The Morgan fingerprint density at radius 1 is 1.41 bits per heavy atom. The third-order valence-corrected chi connectivity index (χ3v) is 2.11. The van der Waals surface area contributed by atoms with E-state index in [1.54, 1.807) is 6.92 Å². The maximum atomic E-state index is 11.9. The van der Waals surface area contributed by atoms with Gasteiger partial charge in [-0.15, -0.1) is 0 Å². The fraction of sp³-hybridized carbons (Fsp3) is 0.333. The monoisotopic (exact) mass is 239 g/mol. The van der Waals surface area contributed by atoms with Crippen molar-refractivity contribution in [2.45, 2.75) is 20.0 Å². The molecular weight excluding hydrogens is 228 g/mol. The number of nitrogens with zero attached hydrogens (tertiary/aromatic N) is 1. The smallest absolute Gasteiger partial charge is 0.387 e. The molecular formula is C12H11F2NO2. The number of hydrogen-bond donors (Lipinski definition) is 0. The van der Waals surface area contributed by atoms with Gasteiger partial charge in [-0.3, -0.25) is 4.79 Å². The lowest BCUT2D eigenvalue weighted by Gasteiger charge is -2.05. The zero-order valence-corrected chi connectivity index (χ0v) is 9.19. The molecule has 5 heteroatoms. The van der Waals surface area contributed by atoms with E-state index in [0.29, 0.717) is 5.56 Å². The van der Waals surface area contributed by atoms with Gasteiger partial charge in [0, 0.05) is 12.0 Å². The average Bonchev–Trinajstić information content (AvgIpc) is 2.28. The molecule has 1 aromatic rings. The summed E-state index contributed by atoms with van der Waals surface area (Å²) in [4.78, 5) is 11.6. The molecule has 17 heavy (non-hydrogen) atoms. The van der Waals surface area contributed by atoms with Crippen LogP contribution in [0.3, 0.4) is 0 Å². The van der Waals surface area contributed by atoms with Crippen molar-refractivity contribution in [1.29, 1.82) is 5.26 Å². The molecule has 0 spiro atoms. The number of carbonyl (C=O) groups excluding carboxylic acids is 1. The molecule has 0 N–H and O–H groups in total. The van der Waals surface area contributed by atoms with Crippen LogP contribution in [0.15, 0.2) is 24.3 Å². The fourth-order valence-electron chi connectivity index (χ4n) is 1.26. The first-order chi connectivity index (χ1) is 8.02. The zero-order valence-electron chi connectivity index (χ0n) is 9.19. The maximum Gasteiger partial charge on any atom is 0.387 e. The number of hydrogen-bond acceptors (Lipinski definition) is 3. The largest absolute Gasteiger partial charge is 0.435 e. The number of nitriles is 1. The van der Waals surface area contributed by atoms with Gasteiger partial charge in [-0.1, -0.05) is 0 Å². The lowest BCUT2D eigenvalue weighted by atomic mass is 10.0. The number of ether oxygens (including phenoxy) is 1. The third-order valence-electron chi connectivity index (χ3n) is 2.11. The lowest BCUT2D eigenvalue weighted by molar-refractivity contribution is -0.0498. The Balaban J connectivity index is 2.68. The third kappa shape index (κ3) is 4.19. The number of carbonyl (C=O) groups is 1. The summed E-state index contributed by atoms with van der Waals surface area (Å²) in [5.74, 6) is -0.549. The number of halogens is 2. The van der Waals surface area contributed by atoms with Gasteiger partial charge in [0.2, 0.25) is 0 Å². The van der Waals surface area contributed by atoms with Gasteiger partial charge in [-0.2, -0.15) is 14.0 Å². The lowest BCUT2D eigenvalue weighted by Crippen LogP contribution is -2.05. The minimum atomic E-state index is -2.88. The molecule has 0 aliphatic carbocycles. The van der Waals surface area contributed by atoms with Crippen LogP contribution in [0.4, 0.5) is 8.78 Å². The normalized spacial score (nSPS) is 11.9. The van der Waals surface area contributed by atoms with E-state index < -0.39 is 6.61 Å². The average molecular weight is 239 g/mol. The van der Waals surface area contributed by atoms with E-state index in [1.807, 2.05) is 6.07 Å². The van der Waals surface area contributed by atoms with Gasteiger partial charge < -0.3 is 4.74 Å². The fourth-order valence-corrected chi connectivity index (χ4v) is 1.26. The van der Waals surface area contributed by atoms with E-state index in [9.17, 15) is 13.6 Å². The van der Waals surface area contributed by atoms with Gasteiger partial charge in [0.05, 0.1) is 12.0 Å². The van der Waals surface area contributed by atoms with E-state index in [4.69, 9.17) is 5.26 Å². The van der Waals surface area contributed by atoms with Crippen LogP contribution in [-0.2, 0) is 0 Å². The Morgan fingerprint density at radius 2 is 2.00 bits per heavy atom. The molecule has 0 saturated heterocycles. The summed E-state index contributed by atoms with van der Waals surface area (Å²) in [5, 5.41) is 8.57. The Morgan fingerprint density at radius 3 is 2.47 bits per heavy atom. The summed E-state index contributed by atoms with van der Waals surface area (Å²) in [7, 11) is 0. The van der Waals surface area contributed by atoms with E-state index in [0.717, 1.165) is 0 Å². The predicted octanol–water partition coefficient (Wildman–Crippen LogP) is 3.02. The molecule has 0 aliphatic heterocycles. The van der Waals surface area contributed by atoms with Gasteiger partial charge in [-0.25, -0.2) is 0 Å². The van der Waals surface area contributed by atoms with Crippen LogP contribution < -0.4 is 4.74 Å². The van der Waals surface area contributed by atoms with Crippen LogP contribution in [-0.4, -0.2) is 12.4 Å². The highest BCUT2D eigenvalue weighted by Gasteiger charge is 2.11. The molecule has 90 valence electrons. The topological polar surface area (TPSA) is 50.1 Å². The van der Waals surface area contributed by atoms with Crippen molar-refractivity contribution >= 4 is 5.78 Å².